The summed E-state index contributed by atoms with van der Waals surface area (Å²) in [5.41, 5.74) is 1.16. The highest BCUT2D eigenvalue weighted by molar-refractivity contribution is 7.80. The molecule has 0 radical (unpaired) electrons. The number of nitro benzene ring substituents is 1. The van der Waals surface area contributed by atoms with Crippen LogP contribution in [0.25, 0.3) is 0 Å². The Labute approximate surface area is 134 Å². The lowest BCUT2D eigenvalue weighted by Crippen LogP contribution is -2.50. The van der Waals surface area contributed by atoms with E-state index in [-0.39, 0.29) is 10.6 Å². The zero-order valence-electron chi connectivity index (χ0n) is 12.2. The Morgan fingerprint density at radius 3 is 2.36 bits per heavy atom. The van der Waals surface area contributed by atoms with Gasteiger partial charge in [0.2, 0.25) is 0 Å². The van der Waals surface area contributed by atoms with E-state index in [2.05, 4.69) is 14.7 Å². The summed E-state index contributed by atoms with van der Waals surface area (Å²) in [5.74, 6) is 0. The zero-order valence-corrected chi connectivity index (χ0v) is 13.0. The molecule has 1 aromatic rings. The van der Waals surface area contributed by atoms with Gasteiger partial charge in [-0.05, 0) is 24.4 Å². The molecule has 118 valence electrons. The van der Waals surface area contributed by atoms with Crippen molar-refractivity contribution in [2.45, 2.75) is 0 Å². The summed E-state index contributed by atoms with van der Waals surface area (Å²) in [7, 11) is 0. The first-order chi connectivity index (χ1) is 10.6. The first-order valence-corrected chi connectivity index (χ1v) is 7.68. The second kappa shape index (κ2) is 6.45. The third-order valence-electron chi connectivity index (χ3n) is 4.01. The van der Waals surface area contributed by atoms with Gasteiger partial charge in [0.15, 0.2) is 0 Å². The van der Waals surface area contributed by atoms with Crippen LogP contribution < -0.4 is 4.90 Å². The SMILES string of the molecule is O=[N+]([O-])c1ccc(N2CCN(CN3CCOC3=S)CC2)cc1. The van der Waals surface area contributed by atoms with Gasteiger partial charge in [-0.1, -0.05) is 0 Å². The lowest BCUT2D eigenvalue weighted by molar-refractivity contribution is -0.384. The third-order valence-corrected chi connectivity index (χ3v) is 4.39. The number of piperazine rings is 1. The monoisotopic (exact) mass is 322 g/mol. The number of nitrogens with zero attached hydrogens (tertiary/aromatic N) is 4. The number of hydrogen-bond donors (Lipinski definition) is 0. The molecule has 2 fully saturated rings. The summed E-state index contributed by atoms with van der Waals surface area (Å²) in [6, 6.07) is 6.75. The molecule has 2 aliphatic heterocycles. The van der Waals surface area contributed by atoms with Gasteiger partial charge in [0.25, 0.3) is 10.9 Å². The summed E-state index contributed by atoms with van der Waals surface area (Å²) in [6.45, 7) is 6.04. The maximum atomic E-state index is 10.7. The van der Waals surface area contributed by atoms with E-state index in [9.17, 15) is 10.1 Å². The molecular formula is C14H18N4O3S. The Morgan fingerprint density at radius 1 is 1.14 bits per heavy atom. The third kappa shape index (κ3) is 3.28. The smallest absolute Gasteiger partial charge is 0.269 e. The van der Waals surface area contributed by atoms with Gasteiger partial charge in [-0.3, -0.25) is 15.0 Å². The molecule has 22 heavy (non-hydrogen) atoms. The molecule has 7 nitrogen and oxygen atoms in total. The van der Waals surface area contributed by atoms with E-state index in [1.807, 2.05) is 12.1 Å². The Morgan fingerprint density at radius 2 is 1.82 bits per heavy atom. The van der Waals surface area contributed by atoms with Crippen molar-refractivity contribution in [3.63, 3.8) is 0 Å². The minimum Gasteiger partial charge on any atom is -0.469 e. The van der Waals surface area contributed by atoms with E-state index in [1.165, 1.54) is 0 Å². The van der Waals surface area contributed by atoms with Crippen LogP contribution >= 0.6 is 12.2 Å². The van der Waals surface area contributed by atoms with Crippen LogP contribution in [0, 0.1) is 10.1 Å². The molecule has 3 rings (SSSR count). The molecule has 0 unspecified atom stereocenters. The molecule has 2 saturated heterocycles. The lowest BCUT2D eigenvalue weighted by Gasteiger charge is -2.37. The minimum absolute atomic E-state index is 0.130. The number of nitro groups is 1. The molecule has 0 spiro atoms. The van der Waals surface area contributed by atoms with Crippen LogP contribution in [-0.4, -0.2) is 65.9 Å². The number of anilines is 1. The molecule has 8 heteroatoms. The van der Waals surface area contributed by atoms with Crippen LogP contribution in [0.4, 0.5) is 11.4 Å². The largest absolute Gasteiger partial charge is 0.469 e. The van der Waals surface area contributed by atoms with Gasteiger partial charge in [-0.25, -0.2) is 0 Å². The molecule has 0 amide bonds. The van der Waals surface area contributed by atoms with Crippen LogP contribution in [0.15, 0.2) is 24.3 Å². The zero-order chi connectivity index (χ0) is 15.5. The predicted octanol–water partition coefficient (Wildman–Crippen LogP) is 1.29. The van der Waals surface area contributed by atoms with Gasteiger partial charge in [-0.2, -0.15) is 0 Å². The molecule has 0 N–H and O–H groups in total. The number of thiocarbonyl (C=S) groups is 1. The first-order valence-electron chi connectivity index (χ1n) is 7.27. The van der Waals surface area contributed by atoms with Crippen LogP contribution in [0.1, 0.15) is 0 Å². The van der Waals surface area contributed by atoms with E-state index in [0.717, 1.165) is 45.1 Å². The highest BCUT2D eigenvalue weighted by Gasteiger charge is 2.23. The molecule has 2 heterocycles. The van der Waals surface area contributed by atoms with Crippen molar-refractivity contribution in [1.82, 2.24) is 9.80 Å². The first kappa shape index (κ1) is 15.0. The average Bonchev–Trinajstić information content (AvgIpc) is 2.93. The van der Waals surface area contributed by atoms with E-state index in [1.54, 1.807) is 12.1 Å². The topological polar surface area (TPSA) is 62.1 Å². The lowest BCUT2D eigenvalue weighted by atomic mass is 10.2. The molecule has 0 bridgehead atoms. The Bertz CT molecular complexity index is 558. The number of hydrogen-bond acceptors (Lipinski definition) is 6. The molecule has 1 aromatic carbocycles. The number of benzene rings is 1. The second-order valence-corrected chi connectivity index (χ2v) is 5.75. The molecule has 0 saturated carbocycles. The molecule has 0 atom stereocenters. The Hall–Kier alpha value is -1.93. The summed E-state index contributed by atoms with van der Waals surface area (Å²) in [4.78, 5) is 17.0. The van der Waals surface area contributed by atoms with Gasteiger partial charge in [0, 0.05) is 44.0 Å². The van der Waals surface area contributed by atoms with Crippen LogP contribution in [0.3, 0.4) is 0 Å². The van der Waals surface area contributed by atoms with Gasteiger partial charge in [0.05, 0.1) is 18.1 Å². The standard InChI is InChI=1S/C14H18N4O3S/c19-18(20)13-3-1-12(2-4-13)16-7-5-15(6-8-16)11-17-9-10-21-14(17)22/h1-4H,5-11H2. The maximum absolute atomic E-state index is 10.7. The quantitative estimate of drug-likeness (QED) is 0.470. The van der Waals surface area contributed by atoms with Crippen molar-refractivity contribution in [2.24, 2.45) is 0 Å². The fourth-order valence-electron chi connectivity index (χ4n) is 2.73. The van der Waals surface area contributed by atoms with Crippen molar-refractivity contribution in [3.05, 3.63) is 34.4 Å². The van der Waals surface area contributed by atoms with Gasteiger partial charge in [0.1, 0.15) is 6.61 Å². The van der Waals surface area contributed by atoms with E-state index in [0.29, 0.717) is 11.8 Å². The van der Waals surface area contributed by atoms with Crippen LogP contribution in [0.5, 0.6) is 0 Å². The summed E-state index contributed by atoms with van der Waals surface area (Å²) >= 11 is 5.15. The fraction of sp³-hybridized carbons (Fsp3) is 0.500. The average molecular weight is 322 g/mol. The highest BCUT2D eigenvalue weighted by Crippen LogP contribution is 2.20. The van der Waals surface area contributed by atoms with Crippen LogP contribution in [-0.2, 0) is 4.74 Å². The maximum Gasteiger partial charge on any atom is 0.269 e. The number of rotatable bonds is 4. The van der Waals surface area contributed by atoms with E-state index < -0.39 is 0 Å². The highest BCUT2D eigenvalue weighted by atomic mass is 32.1. The predicted molar refractivity (Wildman–Crippen MR) is 87.0 cm³/mol. The van der Waals surface area contributed by atoms with E-state index in [4.69, 9.17) is 17.0 Å². The summed E-state index contributed by atoms with van der Waals surface area (Å²) in [6.07, 6.45) is 0. The van der Waals surface area contributed by atoms with Crippen molar-refractivity contribution < 1.29 is 9.66 Å². The van der Waals surface area contributed by atoms with Gasteiger partial charge in [-0.15, -0.1) is 0 Å². The number of ether oxygens (including phenoxy) is 1. The number of non-ortho nitro benzene ring substituents is 1. The van der Waals surface area contributed by atoms with Crippen LogP contribution in [0.2, 0.25) is 0 Å². The normalized spacial score (nSPS) is 19.4. The molecular weight excluding hydrogens is 304 g/mol. The summed E-state index contributed by atoms with van der Waals surface area (Å²) < 4.78 is 5.29. The van der Waals surface area contributed by atoms with E-state index >= 15 is 0 Å². The van der Waals surface area contributed by atoms with Crippen molar-refractivity contribution in [1.29, 1.82) is 0 Å². The van der Waals surface area contributed by atoms with Gasteiger partial charge < -0.3 is 14.5 Å². The van der Waals surface area contributed by atoms with Gasteiger partial charge >= 0.3 is 0 Å². The molecule has 2 aliphatic rings. The molecule has 0 aliphatic carbocycles. The van der Waals surface area contributed by atoms with Crippen molar-refractivity contribution >= 4 is 28.8 Å². The summed E-state index contributed by atoms with van der Waals surface area (Å²) in [5, 5.41) is 11.3. The minimum atomic E-state index is -0.372. The second-order valence-electron chi connectivity index (χ2n) is 5.40. The Kier molecular flexibility index (Phi) is 4.39. The molecule has 0 aromatic heterocycles. The van der Waals surface area contributed by atoms with Crippen molar-refractivity contribution in [2.75, 3.05) is 50.9 Å². The fourth-order valence-corrected chi connectivity index (χ4v) is 2.96. The van der Waals surface area contributed by atoms with Crippen molar-refractivity contribution in [3.8, 4) is 0 Å². The Balaban J connectivity index is 1.52.